The first-order valence-corrected chi connectivity index (χ1v) is 9.40. The average Bonchev–Trinajstić information content (AvgIpc) is 2.75. The summed E-state index contributed by atoms with van der Waals surface area (Å²) in [5.74, 6) is -0.227. The molecule has 0 unspecified atom stereocenters. The first-order chi connectivity index (χ1) is 13.7. The van der Waals surface area contributed by atoms with Crippen molar-refractivity contribution in [2.24, 2.45) is 11.8 Å². The van der Waals surface area contributed by atoms with Crippen LogP contribution >= 0.6 is 0 Å². The molecule has 3 atom stereocenters. The Balaban J connectivity index is 1.77. The molecule has 0 spiro atoms. The predicted octanol–water partition coefficient (Wildman–Crippen LogP) is 2.01. The third kappa shape index (κ3) is 7.22. The van der Waals surface area contributed by atoms with Crippen LogP contribution in [0.15, 0.2) is 54.6 Å². The highest BCUT2D eigenvalue weighted by atomic mass is 16.5. The standard InChI is InChI=1S/C22H30O6/c1-26-21-9-7-18(8-10-21)14-28-16-20(12-24)22(25)19(11-23)15-27-13-17-5-3-2-4-6-17/h2-10,19-20,22-25H,11-16H2,1H3/t19-,20+,22+/m1/s1. The van der Waals surface area contributed by atoms with Gasteiger partial charge in [0, 0.05) is 11.8 Å². The molecule has 2 aromatic rings. The summed E-state index contributed by atoms with van der Waals surface area (Å²) in [4.78, 5) is 0. The Morgan fingerprint density at radius 2 is 1.25 bits per heavy atom. The van der Waals surface area contributed by atoms with Gasteiger partial charge in [0.2, 0.25) is 0 Å². The Kier molecular flexibility index (Phi) is 9.96. The lowest BCUT2D eigenvalue weighted by Gasteiger charge is -2.27. The second-order valence-electron chi connectivity index (χ2n) is 6.74. The molecule has 0 aliphatic carbocycles. The summed E-state index contributed by atoms with van der Waals surface area (Å²) in [5.41, 5.74) is 1.99. The lowest BCUT2D eigenvalue weighted by atomic mass is 9.93. The maximum absolute atomic E-state index is 10.5. The largest absolute Gasteiger partial charge is 0.497 e. The van der Waals surface area contributed by atoms with Gasteiger partial charge in [-0.3, -0.25) is 0 Å². The van der Waals surface area contributed by atoms with Crippen LogP contribution in [0.25, 0.3) is 0 Å². The van der Waals surface area contributed by atoms with Crippen molar-refractivity contribution >= 4 is 0 Å². The molecule has 0 radical (unpaired) electrons. The van der Waals surface area contributed by atoms with E-state index in [4.69, 9.17) is 14.2 Å². The van der Waals surface area contributed by atoms with Crippen molar-refractivity contribution in [1.29, 1.82) is 0 Å². The van der Waals surface area contributed by atoms with Crippen molar-refractivity contribution in [2.45, 2.75) is 19.3 Å². The number of aliphatic hydroxyl groups is 3. The Hall–Kier alpha value is -1.96. The van der Waals surface area contributed by atoms with Gasteiger partial charge in [0.15, 0.2) is 0 Å². The monoisotopic (exact) mass is 390 g/mol. The zero-order valence-corrected chi connectivity index (χ0v) is 16.2. The SMILES string of the molecule is COc1ccc(COC[C@H](CO)[C@@H](O)[C@H](CO)COCc2ccccc2)cc1. The number of ether oxygens (including phenoxy) is 3. The fourth-order valence-electron chi connectivity index (χ4n) is 2.86. The minimum Gasteiger partial charge on any atom is -0.497 e. The van der Waals surface area contributed by atoms with Crippen LogP contribution in [-0.2, 0) is 22.7 Å². The van der Waals surface area contributed by atoms with E-state index in [1.54, 1.807) is 7.11 Å². The van der Waals surface area contributed by atoms with Gasteiger partial charge in [-0.25, -0.2) is 0 Å². The molecule has 0 saturated carbocycles. The highest BCUT2D eigenvalue weighted by molar-refractivity contribution is 5.26. The number of hydrogen-bond donors (Lipinski definition) is 3. The summed E-state index contributed by atoms with van der Waals surface area (Å²) >= 11 is 0. The van der Waals surface area contributed by atoms with E-state index in [0.717, 1.165) is 16.9 Å². The van der Waals surface area contributed by atoms with Gasteiger partial charge in [-0.15, -0.1) is 0 Å². The van der Waals surface area contributed by atoms with Crippen LogP contribution in [0, 0.1) is 11.8 Å². The second kappa shape index (κ2) is 12.5. The molecular weight excluding hydrogens is 360 g/mol. The van der Waals surface area contributed by atoms with Crippen LogP contribution in [0.2, 0.25) is 0 Å². The van der Waals surface area contributed by atoms with E-state index in [1.165, 1.54) is 0 Å². The number of aliphatic hydroxyl groups excluding tert-OH is 3. The van der Waals surface area contributed by atoms with E-state index in [9.17, 15) is 15.3 Å². The van der Waals surface area contributed by atoms with Crippen LogP contribution in [0.1, 0.15) is 11.1 Å². The Morgan fingerprint density at radius 3 is 1.71 bits per heavy atom. The molecule has 6 heteroatoms. The maximum Gasteiger partial charge on any atom is 0.118 e. The topological polar surface area (TPSA) is 88.4 Å². The summed E-state index contributed by atoms with van der Waals surface area (Å²) < 4.78 is 16.4. The van der Waals surface area contributed by atoms with Gasteiger partial charge in [-0.05, 0) is 23.3 Å². The number of methoxy groups -OCH3 is 1. The fraction of sp³-hybridized carbons (Fsp3) is 0.455. The third-order valence-corrected chi connectivity index (χ3v) is 4.64. The molecule has 0 heterocycles. The lowest BCUT2D eigenvalue weighted by Crippen LogP contribution is -2.38. The molecule has 6 nitrogen and oxygen atoms in total. The summed E-state index contributed by atoms with van der Waals surface area (Å²) in [6, 6.07) is 17.2. The third-order valence-electron chi connectivity index (χ3n) is 4.64. The van der Waals surface area contributed by atoms with Gasteiger partial charge in [-0.2, -0.15) is 0 Å². The summed E-state index contributed by atoms with van der Waals surface area (Å²) in [6.07, 6.45) is -0.929. The van der Waals surface area contributed by atoms with E-state index in [-0.39, 0.29) is 26.4 Å². The van der Waals surface area contributed by atoms with Crippen molar-refractivity contribution in [1.82, 2.24) is 0 Å². The molecule has 0 aromatic heterocycles. The van der Waals surface area contributed by atoms with Gasteiger partial charge in [-0.1, -0.05) is 42.5 Å². The van der Waals surface area contributed by atoms with Gasteiger partial charge < -0.3 is 29.5 Å². The van der Waals surface area contributed by atoms with Crippen LogP contribution in [0.3, 0.4) is 0 Å². The van der Waals surface area contributed by atoms with E-state index in [2.05, 4.69) is 0 Å². The average molecular weight is 390 g/mol. The molecule has 0 saturated heterocycles. The van der Waals surface area contributed by atoms with Crippen molar-refractivity contribution < 1.29 is 29.5 Å². The first-order valence-electron chi connectivity index (χ1n) is 9.40. The zero-order valence-electron chi connectivity index (χ0n) is 16.2. The molecule has 0 aliphatic heterocycles. The Labute approximate surface area is 166 Å². The maximum atomic E-state index is 10.5. The van der Waals surface area contributed by atoms with Crippen molar-refractivity contribution in [3.8, 4) is 5.75 Å². The zero-order chi connectivity index (χ0) is 20.2. The van der Waals surface area contributed by atoms with Gasteiger partial charge in [0.25, 0.3) is 0 Å². The highest BCUT2D eigenvalue weighted by Crippen LogP contribution is 2.17. The van der Waals surface area contributed by atoms with E-state index < -0.39 is 17.9 Å². The van der Waals surface area contributed by atoms with Crippen LogP contribution in [0.5, 0.6) is 5.75 Å². The molecule has 2 aromatic carbocycles. The van der Waals surface area contributed by atoms with Crippen molar-refractivity contribution in [3.05, 3.63) is 65.7 Å². The minimum absolute atomic E-state index is 0.179. The minimum atomic E-state index is -0.929. The van der Waals surface area contributed by atoms with E-state index >= 15 is 0 Å². The molecule has 0 fully saturated rings. The summed E-state index contributed by atoms with van der Waals surface area (Å²) in [5, 5.41) is 29.8. The molecule has 0 bridgehead atoms. The van der Waals surface area contributed by atoms with Gasteiger partial charge >= 0.3 is 0 Å². The normalized spacial score (nSPS) is 14.4. The lowest BCUT2D eigenvalue weighted by molar-refractivity contribution is -0.0649. The summed E-state index contributed by atoms with van der Waals surface area (Å²) in [6.45, 7) is 0.674. The van der Waals surface area contributed by atoms with Gasteiger partial charge in [0.05, 0.1) is 52.9 Å². The Bertz CT molecular complexity index is 646. The number of hydrogen-bond acceptors (Lipinski definition) is 6. The molecule has 0 aliphatic rings. The van der Waals surface area contributed by atoms with Crippen LogP contribution in [0.4, 0.5) is 0 Å². The smallest absolute Gasteiger partial charge is 0.118 e. The van der Waals surface area contributed by atoms with Gasteiger partial charge in [0.1, 0.15) is 5.75 Å². The molecule has 3 N–H and O–H groups in total. The molecule has 2 rings (SSSR count). The number of rotatable bonds is 13. The quantitative estimate of drug-likeness (QED) is 0.485. The first kappa shape index (κ1) is 22.3. The predicted molar refractivity (Wildman–Crippen MR) is 106 cm³/mol. The van der Waals surface area contributed by atoms with E-state index in [0.29, 0.717) is 13.2 Å². The summed E-state index contributed by atoms with van der Waals surface area (Å²) in [7, 11) is 1.61. The fourth-order valence-corrected chi connectivity index (χ4v) is 2.86. The molecule has 154 valence electrons. The van der Waals surface area contributed by atoms with Crippen LogP contribution in [-0.4, -0.2) is 55.0 Å². The van der Waals surface area contributed by atoms with E-state index in [1.807, 2.05) is 54.6 Å². The molecular formula is C22H30O6. The van der Waals surface area contributed by atoms with Crippen molar-refractivity contribution in [3.63, 3.8) is 0 Å². The molecule has 0 amide bonds. The molecule has 28 heavy (non-hydrogen) atoms. The highest BCUT2D eigenvalue weighted by Gasteiger charge is 2.27. The second-order valence-corrected chi connectivity index (χ2v) is 6.74. The van der Waals surface area contributed by atoms with Crippen molar-refractivity contribution in [2.75, 3.05) is 33.5 Å². The number of benzene rings is 2. The Morgan fingerprint density at radius 1 is 0.750 bits per heavy atom. The van der Waals surface area contributed by atoms with Crippen LogP contribution < -0.4 is 4.74 Å².